The number of anilines is 1. The van der Waals surface area contributed by atoms with Crippen LogP contribution in [0.1, 0.15) is 42.9 Å². The summed E-state index contributed by atoms with van der Waals surface area (Å²) in [5.41, 5.74) is 4.40. The quantitative estimate of drug-likeness (QED) is 0.390. The third-order valence-electron chi connectivity index (χ3n) is 6.42. The number of rotatable bonds is 8. The Balaban J connectivity index is 1.37. The second kappa shape index (κ2) is 12.3. The lowest BCUT2D eigenvalue weighted by Crippen LogP contribution is -2.54. The van der Waals surface area contributed by atoms with E-state index in [9.17, 15) is 18.3 Å². The van der Waals surface area contributed by atoms with Gasteiger partial charge in [-0.1, -0.05) is 30.3 Å². The van der Waals surface area contributed by atoms with Crippen molar-refractivity contribution in [2.24, 2.45) is 5.16 Å². The number of hydrogen-bond acceptors (Lipinski definition) is 7. The molecule has 0 saturated carbocycles. The standard InChI is InChI=1S/C27H32N4O6S/c1-3-4-25(27(32)33)29-38(34,35)31-16-14-30(15-17-31)22-10-7-20(8-11-22)5-6-21-9-12-26-23(19-21)24(28-36-2)13-18-37-26/h7-12,19,25,29H,3-4,13-18H2,1-2H3,(H,32,33)/b28-24-/t25-/m0/s1. The van der Waals surface area contributed by atoms with E-state index in [1.165, 1.54) is 11.4 Å². The van der Waals surface area contributed by atoms with E-state index in [-0.39, 0.29) is 19.5 Å². The van der Waals surface area contributed by atoms with Crippen LogP contribution in [0.15, 0.2) is 47.6 Å². The van der Waals surface area contributed by atoms with Crippen molar-refractivity contribution in [2.45, 2.75) is 32.2 Å². The minimum absolute atomic E-state index is 0.244. The lowest BCUT2D eigenvalue weighted by molar-refractivity contribution is -0.139. The minimum atomic E-state index is -3.87. The number of nitrogens with one attached hydrogen (secondary N) is 1. The second-order valence-corrected chi connectivity index (χ2v) is 10.7. The molecule has 0 amide bonds. The predicted octanol–water partition coefficient (Wildman–Crippen LogP) is 2.43. The summed E-state index contributed by atoms with van der Waals surface area (Å²) in [5.74, 6) is 5.98. The Morgan fingerprint density at radius 1 is 1.13 bits per heavy atom. The van der Waals surface area contributed by atoms with Gasteiger partial charge in [0.2, 0.25) is 0 Å². The molecule has 2 heterocycles. The van der Waals surface area contributed by atoms with Gasteiger partial charge >= 0.3 is 5.97 Å². The fourth-order valence-corrected chi connectivity index (χ4v) is 5.79. The highest BCUT2D eigenvalue weighted by Gasteiger charge is 2.31. The first-order valence-electron chi connectivity index (χ1n) is 12.5. The number of hydrogen-bond donors (Lipinski definition) is 2. The Hall–Kier alpha value is -3.59. The van der Waals surface area contributed by atoms with Crippen molar-refractivity contribution >= 4 is 27.6 Å². The molecule has 0 aliphatic carbocycles. The summed E-state index contributed by atoms with van der Waals surface area (Å²) in [7, 11) is -2.35. The largest absolute Gasteiger partial charge is 0.492 e. The van der Waals surface area contributed by atoms with Crippen LogP contribution in [0, 0.1) is 11.8 Å². The number of carboxylic acids is 1. The van der Waals surface area contributed by atoms with Crippen LogP contribution in [-0.2, 0) is 19.8 Å². The molecule has 10 nitrogen and oxygen atoms in total. The van der Waals surface area contributed by atoms with Gasteiger partial charge in [0, 0.05) is 55.0 Å². The summed E-state index contributed by atoms with van der Waals surface area (Å²) >= 11 is 0. The highest BCUT2D eigenvalue weighted by Crippen LogP contribution is 2.26. The van der Waals surface area contributed by atoms with Crippen molar-refractivity contribution in [2.75, 3.05) is 44.8 Å². The number of aliphatic carboxylic acids is 1. The fraction of sp³-hybridized carbons (Fsp3) is 0.407. The maximum atomic E-state index is 12.7. The number of carbonyl (C=O) groups is 1. The Labute approximate surface area is 223 Å². The molecule has 1 saturated heterocycles. The fourth-order valence-electron chi connectivity index (χ4n) is 4.42. The van der Waals surface area contributed by atoms with Crippen LogP contribution in [-0.4, -0.2) is 75.4 Å². The molecular weight excluding hydrogens is 508 g/mol. The first-order chi connectivity index (χ1) is 18.3. The molecule has 2 aliphatic heterocycles. The van der Waals surface area contributed by atoms with Crippen molar-refractivity contribution in [3.05, 3.63) is 59.2 Å². The van der Waals surface area contributed by atoms with Crippen LogP contribution in [0.3, 0.4) is 0 Å². The molecule has 0 radical (unpaired) electrons. The van der Waals surface area contributed by atoms with Crippen LogP contribution < -0.4 is 14.4 Å². The Morgan fingerprint density at radius 2 is 1.82 bits per heavy atom. The summed E-state index contributed by atoms with van der Waals surface area (Å²) < 4.78 is 34.7. The maximum Gasteiger partial charge on any atom is 0.321 e. The Kier molecular flexibility index (Phi) is 8.89. The van der Waals surface area contributed by atoms with Gasteiger partial charge < -0.3 is 19.6 Å². The molecule has 2 N–H and O–H groups in total. The Bertz CT molecular complexity index is 1340. The van der Waals surface area contributed by atoms with E-state index in [1.807, 2.05) is 49.4 Å². The van der Waals surface area contributed by atoms with Gasteiger partial charge in [0.25, 0.3) is 10.2 Å². The molecule has 0 bridgehead atoms. The molecule has 2 aliphatic rings. The number of carboxylic acid groups (broad SMARTS) is 1. The highest BCUT2D eigenvalue weighted by molar-refractivity contribution is 7.87. The van der Waals surface area contributed by atoms with Crippen LogP contribution in [0.4, 0.5) is 5.69 Å². The molecule has 0 unspecified atom stereocenters. The number of ether oxygens (including phenoxy) is 1. The Morgan fingerprint density at radius 3 is 2.47 bits per heavy atom. The van der Waals surface area contributed by atoms with E-state index in [0.29, 0.717) is 32.5 Å². The zero-order valence-corrected chi connectivity index (χ0v) is 22.3. The van der Waals surface area contributed by atoms with E-state index in [2.05, 4.69) is 26.6 Å². The topological polar surface area (TPSA) is 121 Å². The van der Waals surface area contributed by atoms with Gasteiger partial charge in [0.05, 0.1) is 12.3 Å². The number of piperazine rings is 1. The lowest BCUT2D eigenvalue weighted by atomic mass is 10.0. The summed E-state index contributed by atoms with van der Waals surface area (Å²) in [5, 5.41) is 13.4. The first kappa shape index (κ1) is 27.4. The number of nitrogens with zero attached hydrogens (tertiary/aromatic N) is 3. The number of fused-ring (bicyclic) bond motifs is 1. The van der Waals surface area contributed by atoms with Gasteiger partial charge in [-0.15, -0.1) is 0 Å². The SMILES string of the molecule is CCC[C@H](NS(=O)(=O)N1CCN(c2ccc(C#Cc3ccc4c(c3)/C(=N\OC)CCO4)cc2)CC1)C(=O)O. The van der Waals surface area contributed by atoms with Crippen molar-refractivity contribution in [3.8, 4) is 17.6 Å². The van der Waals surface area contributed by atoms with Gasteiger partial charge in [-0.3, -0.25) is 4.79 Å². The van der Waals surface area contributed by atoms with Gasteiger partial charge in [-0.05, 0) is 48.9 Å². The molecule has 2 aromatic carbocycles. The molecule has 0 spiro atoms. The van der Waals surface area contributed by atoms with Crippen molar-refractivity contribution in [1.29, 1.82) is 0 Å². The van der Waals surface area contributed by atoms with E-state index in [1.54, 1.807) is 0 Å². The highest BCUT2D eigenvalue weighted by atomic mass is 32.2. The zero-order chi connectivity index (χ0) is 27.1. The van der Waals surface area contributed by atoms with Crippen LogP contribution in [0.2, 0.25) is 0 Å². The molecular formula is C27H32N4O6S. The molecule has 1 atom stereocenters. The van der Waals surface area contributed by atoms with Gasteiger partial charge in [-0.2, -0.15) is 17.4 Å². The average Bonchev–Trinajstić information content (AvgIpc) is 2.92. The molecule has 4 rings (SSSR count). The lowest BCUT2D eigenvalue weighted by Gasteiger charge is -2.35. The molecule has 1 fully saturated rings. The molecule has 38 heavy (non-hydrogen) atoms. The summed E-state index contributed by atoms with van der Waals surface area (Å²) in [4.78, 5) is 18.4. The van der Waals surface area contributed by atoms with Gasteiger partial charge in [-0.25, -0.2) is 0 Å². The third-order valence-corrected chi connectivity index (χ3v) is 8.04. The summed E-state index contributed by atoms with van der Waals surface area (Å²) in [6.07, 6.45) is 1.49. The third kappa shape index (κ3) is 6.64. The summed E-state index contributed by atoms with van der Waals surface area (Å²) in [6, 6.07) is 12.5. The van der Waals surface area contributed by atoms with Gasteiger partial charge in [0.1, 0.15) is 18.9 Å². The zero-order valence-electron chi connectivity index (χ0n) is 21.5. The van der Waals surface area contributed by atoms with Crippen LogP contribution >= 0.6 is 0 Å². The van der Waals surface area contributed by atoms with E-state index in [4.69, 9.17) is 9.57 Å². The summed E-state index contributed by atoms with van der Waals surface area (Å²) in [6.45, 7) is 3.92. The second-order valence-electron chi connectivity index (χ2n) is 9.02. The molecule has 11 heteroatoms. The smallest absolute Gasteiger partial charge is 0.321 e. The van der Waals surface area contributed by atoms with Crippen LogP contribution in [0.5, 0.6) is 5.75 Å². The predicted molar refractivity (Wildman–Crippen MR) is 145 cm³/mol. The molecule has 2 aromatic rings. The van der Waals surface area contributed by atoms with Crippen molar-refractivity contribution < 1.29 is 27.9 Å². The van der Waals surface area contributed by atoms with Crippen molar-refractivity contribution in [3.63, 3.8) is 0 Å². The monoisotopic (exact) mass is 540 g/mol. The van der Waals surface area contributed by atoms with E-state index in [0.717, 1.165) is 33.8 Å². The van der Waals surface area contributed by atoms with E-state index >= 15 is 0 Å². The first-order valence-corrected chi connectivity index (χ1v) is 14.0. The number of benzene rings is 2. The minimum Gasteiger partial charge on any atom is -0.492 e. The average molecular weight is 541 g/mol. The van der Waals surface area contributed by atoms with Crippen LogP contribution in [0.25, 0.3) is 0 Å². The van der Waals surface area contributed by atoms with E-state index < -0.39 is 22.2 Å². The molecule has 0 aromatic heterocycles. The normalized spacial score (nSPS) is 17.6. The maximum absolute atomic E-state index is 12.7. The van der Waals surface area contributed by atoms with Gasteiger partial charge in [0.15, 0.2) is 0 Å². The number of oxime groups is 1. The van der Waals surface area contributed by atoms with Crippen molar-refractivity contribution in [1.82, 2.24) is 9.03 Å². The molecule has 202 valence electrons.